The summed E-state index contributed by atoms with van der Waals surface area (Å²) in [5.41, 5.74) is -4.16. The summed E-state index contributed by atoms with van der Waals surface area (Å²) in [6, 6.07) is 4.93. The van der Waals surface area contributed by atoms with E-state index in [9.17, 15) is 22.7 Å². The second-order valence-electron chi connectivity index (χ2n) is 3.79. The molecule has 0 saturated heterocycles. The highest BCUT2D eigenvalue weighted by atomic mass is 32.2. The lowest BCUT2D eigenvalue weighted by molar-refractivity contribution is -0.0328. The minimum atomic E-state index is -4.56. The van der Waals surface area contributed by atoms with Crippen molar-refractivity contribution in [3.63, 3.8) is 0 Å². The molecule has 0 fully saturated rings. The van der Waals surface area contributed by atoms with Crippen LogP contribution in [-0.4, -0.2) is 10.6 Å². The molecule has 0 aliphatic heterocycles. The van der Waals surface area contributed by atoms with Crippen LogP contribution in [0.3, 0.4) is 0 Å². The molecule has 0 heterocycles. The van der Waals surface area contributed by atoms with E-state index in [2.05, 4.69) is 0 Å². The third kappa shape index (κ3) is 5.40. The number of hydrogen-bond donors (Lipinski definition) is 1. The summed E-state index contributed by atoms with van der Waals surface area (Å²) in [4.78, 5) is -0.461. The van der Waals surface area contributed by atoms with Crippen molar-refractivity contribution < 1.29 is 22.7 Å². The molecule has 0 atom stereocenters. The summed E-state index contributed by atoms with van der Waals surface area (Å²) < 4.78 is 50.8. The summed E-state index contributed by atoms with van der Waals surface area (Å²) in [6.45, 7) is 9.53. The molecule has 0 aromatic heterocycles. The number of hydrogen-bond acceptors (Lipinski definition) is 2. The molecule has 22 heavy (non-hydrogen) atoms. The number of alkyl halides is 3. The second kappa shape index (κ2) is 8.88. The minimum Gasteiger partial charge on any atom is -0.508 e. The Morgan fingerprint density at radius 1 is 1.00 bits per heavy atom. The van der Waals surface area contributed by atoms with E-state index >= 15 is 0 Å². The molecule has 0 aliphatic rings. The molecule has 0 saturated carbocycles. The van der Waals surface area contributed by atoms with Crippen LogP contribution in [0.5, 0.6) is 5.75 Å². The maximum Gasteiger partial charge on any atom is 0.446 e. The van der Waals surface area contributed by atoms with E-state index in [-0.39, 0.29) is 11.1 Å². The molecule has 0 spiro atoms. The van der Waals surface area contributed by atoms with Gasteiger partial charge in [-0.3, -0.25) is 0 Å². The number of fused-ring (bicyclic) bond motifs is 1. The van der Waals surface area contributed by atoms with Crippen molar-refractivity contribution >= 4 is 22.5 Å². The highest BCUT2D eigenvalue weighted by Gasteiger charge is 2.32. The fraction of sp³-hybridized carbons (Fsp3) is 0.375. The molecule has 2 aromatic rings. The SMILES string of the molecule is CC.CC.Cc1cc(O)cc2ccc(F)c(SC(F)(F)F)c12. The van der Waals surface area contributed by atoms with Gasteiger partial charge in [0, 0.05) is 5.39 Å². The molecule has 2 aromatic carbocycles. The molecule has 124 valence electrons. The zero-order valence-electron chi connectivity index (χ0n) is 13.2. The Balaban J connectivity index is 0.00000102. The highest BCUT2D eigenvalue weighted by Crippen LogP contribution is 2.43. The van der Waals surface area contributed by atoms with Crippen molar-refractivity contribution in [3.8, 4) is 5.75 Å². The van der Waals surface area contributed by atoms with E-state index in [0.717, 1.165) is 6.07 Å². The Bertz CT molecular complexity index is 609. The zero-order valence-corrected chi connectivity index (χ0v) is 14.0. The van der Waals surface area contributed by atoms with E-state index in [4.69, 9.17) is 0 Å². The van der Waals surface area contributed by atoms with Crippen LogP contribution in [0, 0.1) is 12.7 Å². The molecule has 0 radical (unpaired) electrons. The van der Waals surface area contributed by atoms with Crippen LogP contribution in [0.2, 0.25) is 0 Å². The van der Waals surface area contributed by atoms with Crippen molar-refractivity contribution in [1.82, 2.24) is 0 Å². The summed E-state index contributed by atoms with van der Waals surface area (Å²) in [5, 5.41) is 9.93. The molecule has 2 rings (SSSR count). The van der Waals surface area contributed by atoms with Gasteiger partial charge in [0.1, 0.15) is 11.6 Å². The molecule has 1 nitrogen and oxygen atoms in total. The van der Waals surface area contributed by atoms with Gasteiger partial charge in [0.25, 0.3) is 0 Å². The van der Waals surface area contributed by atoms with Crippen LogP contribution < -0.4 is 0 Å². The first-order valence-electron chi connectivity index (χ1n) is 6.95. The molecule has 0 bridgehead atoms. The monoisotopic (exact) mass is 336 g/mol. The predicted molar refractivity (Wildman–Crippen MR) is 84.9 cm³/mol. The molecule has 1 N–H and O–H groups in total. The van der Waals surface area contributed by atoms with Crippen LogP contribution in [-0.2, 0) is 0 Å². The molecule has 6 heteroatoms. The summed E-state index contributed by atoms with van der Waals surface area (Å²) >= 11 is -0.480. The van der Waals surface area contributed by atoms with Gasteiger partial charge in [-0.1, -0.05) is 33.8 Å². The van der Waals surface area contributed by atoms with Gasteiger partial charge >= 0.3 is 5.51 Å². The Morgan fingerprint density at radius 3 is 2.05 bits per heavy atom. The van der Waals surface area contributed by atoms with Gasteiger partial charge in [0.15, 0.2) is 0 Å². The number of rotatable bonds is 1. The van der Waals surface area contributed by atoms with Crippen molar-refractivity contribution in [2.75, 3.05) is 0 Å². The van der Waals surface area contributed by atoms with Crippen LogP contribution in [0.1, 0.15) is 33.3 Å². The summed E-state index contributed by atoms with van der Waals surface area (Å²) in [6.07, 6.45) is 0. The Morgan fingerprint density at radius 2 is 1.55 bits per heavy atom. The standard InChI is InChI=1S/C12H8F4OS.2C2H6/c1-6-4-8(17)5-7-2-3-9(13)11(10(6)7)18-12(14,15)16;2*1-2/h2-5,17H,1H3;2*1-2H3. The Labute approximate surface area is 132 Å². The van der Waals surface area contributed by atoms with Crippen LogP contribution in [0.15, 0.2) is 29.2 Å². The lowest BCUT2D eigenvalue weighted by Crippen LogP contribution is -2.01. The van der Waals surface area contributed by atoms with Crippen LogP contribution in [0.25, 0.3) is 10.8 Å². The third-order valence-electron chi connectivity index (χ3n) is 2.42. The quantitative estimate of drug-likeness (QED) is 0.464. The van der Waals surface area contributed by atoms with Crippen LogP contribution >= 0.6 is 11.8 Å². The van der Waals surface area contributed by atoms with Crippen molar-refractivity contribution in [2.24, 2.45) is 0 Å². The van der Waals surface area contributed by atoms with Crippen LogP contribution in [0.4, 0.5) is 17.6 Å². The lowest BCUT2D eigenvalue weighted by atomic mass is 10.0. The summed E-state index contributed by atoms with van der Waals surface area (Å²) in [7, 11) is 0. The fourth-order valence-electron chi connectivity index (χ4n) is 1.81. The number of thioether (sulfide) groups is 1. The van der Waals surface area contributed by atoms with Gasteiger partial charge in [-0.15, -0.1) is 0 Å². The normalized spacial score (nSPS) is 10.4. The van der Waals surface area contributed by atoms with Gasteiger partial charge in [0.2, 0.25) is 0 Å². The molecule has 0 unspecified atom stereocenters. The first kappa shape index (κ1) is 20.6. The van der Waals surface area contributed by atoms with Crippen molar-refractivity contribution in [1.29, 1.82) is 0 Å². The number of aromatic hydroxyl groups is 1. The van der Waals surface area contributed by atoms with Gasteiger partial charge in [-0.05, 0) is 47.8 Å². The van der Waals surface area contributed by atoms with Gasteiger partial charge in [-0.25, -0.2) is 4.39 Å². The van der Waals surface area contributed by atoms with E-state index in [1.54, 1.807) is 0 Å². The van der Waals surface area contributed by atoms with Gasteiger partial charge in [0.05, 0.1) is 4.90 Å². The summed E-state index contributed by atoms with van der Waals surface area (Å²) in [5.74, 6) is -0.979. The third-order valence-corrected chi connectivity index (χ3v) is 3.26. The Hall–Kier alpha value is -1.43. The molecule has 0 amide bonds. The average molecular weight is 336 g/mol. The smallest absolute Gasteiger partial charge is 0.446 e. The van der Waals surface area contributed by atoms with Gasteiger partial charge < -0.3 is 5.11 Å². The van der Waals surface area contributed by atoms with E-state index in [0.29, 0.717) is 10.9 Å². The number of aryl methyl sites for hydroxylation is 1. The first-order valence-corrected chi connectivity index (χ1v) is 7.77. The van der Waals surface area contributed by atoms with E-state index in [1.165, 1.54) is 25.1 Å². The first-order chi connectivity index (χ1) is 10.3. The maximum atomic E-state index is 13.5. The molecule has 0 aliphatic carbocycles. The second-order valence-corrected chi connectivity index (χ2v) is 4.86. The number of phenols is 1. The average Bonchev–Trinajstić information content (AvgIpc) is 2.45. The maximum absolute atomic E-state index is 13.5. The predicted octanol–water partition coefficient (Wildman–Crippen LogP) is 6.66. The van der Waals surface area contributed by atoms with Crippen molar-refractivity contribution in [3.05, 3.63) is 35.6 Å². The lowest BCUT2D eigenvalue weighted by Gasteiger charge is -2.12. The topological polar surface area (TPSA) is 20.2 Å². The van der Waals surface area contributed by atoms with E-state index < -0.39 is 28.0 Å². The zero-order chi connectivity index (χ0) is 17.5. The van der Waals surface area contributed by atoms with Crippen molar-refractivity contribution in [2.45, 2.75) is 45.0 Å². The fourth-order valence-corrected chi connectivity index (χ4v) is 2.59. The highest BCUT2D eigenvalue weighted by molar-refractivity contribution is 8.00. The number of benzene rings is 2. The minimum absolute atomic E-state index is 0.0606. The number of phenolic OH excluding ortho intramolecular Hbond substituents is 1. The van der Waals surface area contributed by atoms with E-state index in [1.807, 2.05) is 27.7 Å². The number of halogens is 4. The largest absolute Gasteiger partial charge is 0.508 e. The molecular weight excluding hydrogens is 316 g/mol. The molecular formula is C16H20F4OS. The Kier molecular flexibility index (Phi) is 8.30. The van der Waals surface area contributed by atoms with Gasteiger partial charge in [-0.2, -0.15) is 13.2 Å².